The van der Waals surface area contributed by atoms with Crippen molar-refractivity contribution in [2.45, 2.75) is 19.5 Å². The number of halogens is 2. The highest BCUT2D eigenvalue weighted by Gasteiger charge is 2.07. The zero-order chi connectivity index (χ0) is 13.0. The van der Waals surface area contributed by atoms with Gasteiger partial charge in [-0.2, -0.15) is 0 Å². The lowest BCUT2D eigenvalue weighted by molar-refractivity contribution is 0.533. The molecule has 0 aliphatic carbocycles. The van der Waals surface area contributed by atoms with Crippen LogP contribution in [-0.2, 0) is 6.54 Å². The summed E-state index contributed by atoms with van der Waals surface area (Å²) in [6.45, 7) is 2.39. The molecular weight excluding hydrogens is 232 g/mol. The van der Waals surface area contributed by atoms with E-state index in [1.54, 1.807) is 0 Å². The molecule has 0 heterocycles. The fourth-order valence-corrected chi connectivity index (χ4v) is 1.79. The third-order valence-electron chi connectivity index (χ3n) is 2.91. The normalized spacial score (nSPS) is 12.4. The van der Waals surface area contributed by atoms with Crippen LogP contribution in [0.15, 0.2) is 48.5 Å². The summed E-state index contributed by atoms with van der Waals surface area (Å²) in [5.74, 6) is -1.06. The summed E-state index contributed by atoms with van der Waals surface area (Å²) >= 11 is 0. The number of rotatable bonds is 4. The second-order valence-electron chi connectivity index (χ2n) is 4.25. The molecule has 3 heteroatoms. The molecule has 0 bridgehead atoms. The Morgan fingerprint density at radius 3 is 2.44 bits per heavy atom. The van der Waals surface area contributed by atoms with Gasteiger partial charge >= 0.3 is 0 Å². The highest BCUT2D eigenvalue weighted by Crippen LogP contribution is 2.14. The van der Waals surface area contributed by atoms with E-state index in [2.05, 4.69) is 5.32 Å². The molecule has 0 radical (unpaired) electrons. The smallest absolute Gasteiger partial charge is 0.130 e. The van der Waals surface area contributed by atoms with E-state index in [1.165, 1.54) is 12.1 Å². The molecule has 2 aromatic rings. The van der Waals surface area contributed by atoms with E-state index in [0.29, 0.717) is 12.1 Å². The van der Waals surface area contributed by atoms with Crippen molar-refractivity contribution in [3.63, 3.8) is 0 Å². The van der Waals surface area contributed by atoms with Crippen LogP contribution in [-0.4, -0.2) is 0 Å². The van der Waals surface area contributed by atoms with E-state index < -0.39 is 11.6 Å². The molecule has 1 N–H and O–H groups in total. The lowest BCUT2D eigenvalue weighted by atomic mass is 10.1. The van der Waals surface area contributed by atoms with Crippen LogP contribution in [0.5, 0.6) is 0 Å². The van der Waals surface area contributed by atoms with Gasteiger partial charge in [0.15, 0.2) is 0 Å². The largest absolute Gasteiger partial charge is 0.306 e. The Morgan fingerprint density at radius 2 is 1.78 bits per heavy atom. The predicted molar refractivity (Wildman–Crippen MR) is 68.1 cm³/mol. The van der Waals surface area contributed by atoms with E-state index in [9.17, 15) is 8.78 Å². The van der Waals surface area contributed by atoms with E-state index in [-0.39, 0.29) is 6.04 Å². The van der Waals surface area contributed by atoms with Gasteiger partial charge in [0, 0.05) is 24.2 Å². The summed E-state index contributed by atoms with van der Waals surface area (Å²) in [5.41, 5.74) is 1.61. The molecule has 0 fully saturated rings. The molecule has 0 unspecified atom stereocenters. The summed E-state index contributed by atoms with van der Waals surface area (Å²) in [5, 5.41) is 3.21. The monoisotopic (exact) mass is 247 g/mol. The van der Waals surface area contributed by atoms with Gasteiger partial charge in [-0.05, 0) is 18.6 Å². The summed E-state index contributed by atoms with van der Waals surface area (Å²) in [6.07, 6.45) is 0. The summed E-state index contributed by atoms with van der Waals surface area (Å²) in [7, 11) is 0. The Kier molecular flexibility index (Phi) is 4.05. The van der Waals surface area contributed by atoms with Crippen LogP contribution >= 0.6 is 0 Å². The first-order valence-corrected chi connectivity index (χ1v) is 5.89. The van der Waals surface area contributed by atoms with Crippen molar-refractivity contribution >= 4 is 0 Å². The molecule has 0 saturated heterocycles. The summed E-state index contributed by atoms with van der Waals surface area (Å²) in [4.78, 5) is 0. The number of hydrogen-bond donors (Lipinski definition) is 1. The van der Waals surface area contributed by atoms with Gasteiger partial charge in [0.25, 0.3) is 0 Å². The van der Waals surface area contributed by atoms with Gasteiger partial charge in [-0.3, -0.25) is 0 Å². The van der Waals surface area contributed by atoms with Gasteiger partial charge in [-0.1, -0.05) is 36.4 Å². The molecule has 2 rings (SSSR count). The van der Waals surface area contributed by atoms with Crippen molar-refractivity contribution < 1.29 is 8.78 Å². The molecule has 0 amide bonds. The Balaban J connectivity index is 1.99. The summed E-state index contributed by atoms with van der Waals surface area (Å²) in [6, 6.07) is 13.7. The third kappa shape index (κ3) is 3.14. The first kappa shape index (κ1) is 12.7. The van der Waals surface area contributed by atoms with Crippen molar-refractivity contribution in [3.8, 4) is 0 Å². The van der Waals surface area contributed by atoms with Gasteiger partial charge in [0.1, 0.15) is 11.6 Å². The van der Waals surface area contributed by atoms with Crippen molar-refractivity contribution in [1.29, 1.82) is 0 Å². The first-order chi connectivity index (χ1) is 8.66. The van der Waals surface area contributed by atoms with Crippen LogP contribution in [0.1, 0.15) is 24.1 Å². The minimum absolute atomic E-state index is 0.121. The third-order valence-corrected chi connectivity index (χ3v) is 2.91. The van der Waals surface area contributed by atoms with Crippen molar-refractivity contribution in [2.75, 3.05) is 0 Å². The van der Waals surface area contributed by atoms with Gasteiger partial charge in [-0.15, -0.1) is 0 Å². The number of hydrogen-bond acceptors (Lipinski definition) is 1. The molecule has 0 saturated carbocycles. The highest BCUT2D eigenvalue weighted by atomic mass is 19.1. The van der Waals surface area contributed by atoms with E-state index >= 15 is 0 Å². The molecule has 0 aliphatic heterocycles. The molecular formula is C15H15F2N. The van der Waals surface area contributed by atoms with Crippen molar-refractivity contribution in [1.82, 2.24) is 5.32 Å². The standard InChI is InChI=1S/C15H15F2N/c1-11(12-5-3-2-4-6-12)18-10-13-7-8-14(16)9-15(13)17/h2-9,11,18H,10H2,1H3/t11-/m1/s1. The van der Waals surface area contributed by atoms with Crippen LogP contribution < -0.4 is 5.32 Å². The minimum atomic E-state index is -0.549. The first-order valence-electron chi connectivity index (χ1n) is 5.89. The fourth-order valence-electron chi connectivity index (χ4n) is 1.79. The van der Waals surface area contributed by atoms with E-state index in [1.807, 2.05) is 37.3 Å². The summed E-state index contributed by atoms with van der Waals surface area (Å²) < 4.78 is 26.2. The van der Waals surface area contributed by atoms with Crippen molar-refractivity contribution in [2.24, 2.45) is 0 Å². The van der Waals surface area contributed by atoms with Crippen LogP contribution in [0.2, 0.25) is 0 Å². The second-order valence-corrected chi connectivity index (χ2v) is 4.25. The Labute approximate surface area is 105 Å². The topological polar surface area (TPSA) is 12.0 Å². The molecule has 18 heavy (non-hydrogen) atoms. The zero-order valence-corrected chi connectivity index (χ0v) is 10.2. The molecule has 1 nitrogen and oxygen atoms in total. The van der Waals surface area contributed by atoms with Gasteiger partial charge in [-0.25, -0.2) is 8.78 Å². The molecule has 0 aliphatic rings. The van der Waals surface area contributed by atoms with Crippen LogP contribution in [0.25, 0.3) is 0 Å². The van der Waals surface area contributed by atoms with E-state index in [0.717, 1.165) is 11.6 Å². The lowest BCUT2D eigenvalue weighted by Crippen LogP contribution is -2.18. The van der Waals surface area contributed by atoms with Crippen LogP contribution in [0, 0.1) is 11.6 Å². The fraction of sp³-hybridized carbons (Fsp3) is 0.200. The van der Waals surface area contributed by atoms with E-state index in [4.69, 9.17) is 0 Å². The van der Waals surface area contributed by atoms with Crippen LogP contribution in [0.3, 0.4) is 0 Å². The second kappa shape index (κ2) is 5.74. The molecule has 94 valence electrons. The molecule has 0 spiro atoms. The van der Waals surface area contributed by atoms with Gasteiger partial charge in [0.2, 0.25) is 0 Å². The van der Waals surface area contributed by atoms with Gasteiger partial charge < -0.3 is 5.32 Å². The maximum atomic E-state index is 13.4. The van der Waals surface area contributed by atoms with Gasteiger partial charge in [0.05, 0.1) is 0 Å². The predicted octanol–water partition coefficient (Wildman–Crippen LogP) is 3.82. The number of benzene rings is 2. The minimum Gasteiger partial charge on any atom is -0.306 e. The number of nitrogens with one attached hydrogen (secondary N) is 1. The SMILES string of the molecule is C[C@@H](NCc1ccc(F)cc1F)c1ccccc1. The maximum absolute atomic E-state index is 13.4. The Morgan fingerprint density at radius 1 is 1.06 bits per heavy atom. The average molecular weight is 247 g/mol. The quantitative estimate of drug-likeness (QED) is 0.866. The Bertz CT molecular complexity index is 511. The molecule has 2 aromatic carbocycles. The zero-order valence-electron chi connectivity index (χ0n) is 10.2. The Hall–Kier alpha value is -1.74. The lowest BCUT2D eigenvalue weighted by Gasteiger charge is -2.14. The molecule has 1 atom stereocenters. The maximum Gasteiger partial charge on any atom is 0.130 e. The van der Waals surface area contributed by atoms with Crippen molar-refractivity contribution in [3.05, 3.63) is 71.3 Å². The molecule has 0 aromatic heterocycles. The average Bonchev–Trinajstić information content (AvgIpc) is 2.38. The van der Waals surface area contributed by atoms with Crippen LogP contribution in [0.4, 0.5) is 8.78 Å². The highest BCUT2D eigenvalue weighted by molar-refractivity contribution is 5.20.